The van der Waals surface area contributed by atoms with Crippen molar-refractivity contribution in [1.29, 1.82) is 0 Å². The molecule has 0 N–H and O–H groups in total. The molecule has 0 aliphatic rings. The molecule has 2 aromatic rings. The fourth-order valence-electron chi connectivity index (χ4n) is 1.92. The highest BCUT2D eigenvalue weighted by Gasteiger charge is 2.25. The molecule has 0 spiro atoms. The first kappa shape index (κ1) is 18.3. The first-order valence-corrected chi connectivity index (χ1v) is 6.69. The zero-order valence-electron chi connectivity index (χ0n) is 12.2. The van der Waals surface area contributed by atoms with Crippen LogP contribution in [0, 0.1) is 39.2 Å². The zero-order valence-corrected chi connectivity index (χ0v) is 12.2. The molecule has 0 aliphatic heterocycles. The highest BCUT2D eigenvalue weighted by molar-refractivity contribution is 5.81. The summed E-state index contributed by atoms with van der Waals surface area (Å²) >= 11 is 0. The summed E-state index contributed by atoms with van der Waals surface area (Å²) in [4.78, 5) is 9.83. The second kappa shape index (κ2) is 7.24. The molecule has 10 heteroatoms. The molecule has 0 unspecified atom stereocenters. The molecule has 132 valence electrons. The van der Waals surface area contributed by atoms with Gasteiger partial charge in [0.2, 0.25) is 5.82 Å². The van der Waals surface area contributed by atoms with Gasteiger partial charge in [-0.05, 0) is 30.9 Å². The van der Waals surface area contributed by atoms with Gasteiger partial charge in [0.05, 0.1) is 4.92 Å². The fourth-order valence-corrected chi connectivity index (χ4v) is 1.92. The van der Waals surface area contributed by atoms with E-state index in [0.29, 0.717) is 0 Å². The van der Waals surface area contributed by atoms with Crippen LogP contribution in [0.4, 0.5) is 27.6 Å². The molecule has 2 rings (SSSR count). The van der Waals surface area contributed by atoms with Gasteiger partial charge < -0.3 is 10.1 Å². The van der Waals surface area contributed by atoms with Crippen molar-refractivity contribution >= 4 is 11.6 Å². The maximum absolute atomic E-state index is 13.5. The normalized spacial score (nSPS) is 10.6. The summed E-state index contributed by atoms with van der Waals surface area (Å²) in [6, 6.07) is 4.50. The SMILES string of the molecule is [N-]=C(CCc1c(F)c(F)c(F)c(F)c1F)Oc1ccc([N+](=O)[O-])cc1. The first-order chi connectivity index (χ1) is 11.7. The summed E-state index contributed by atoms with van der Waals surface area (Å²) in [5.74, 6) is -11.2. The minimum atomic E-state index is -2.27. The number of ether oxygens (including phenoxy) is 1. The van der Waals surface area contributed by atoms with E-state index in [2.05, 4.69) is 0 Å². The van der Waals surface area contributed by atoms with E-state index in [1.165, 1.54) is 0 Å². The van der Waals surface area contributed by atoms with E-state index >= 15 is 0 Å². The van der Waals surface area contributed by atoms with E-state index < -0.39 is 58.3 Å². The third-order valence-electron chi connectivity index (χ3n) is 3.17. The van der Waals surface area contributed by atoms with Crippen LogP contribution in [0.3, 0.4) is 0 Å². The van der Waals surface area contributed by atoms with Gasteiger partial charge in [-0.1, -0.05) is 0 Å². The van der Waals surface area contributed by atoms with Gasteiger partial charge in [0.1, 0.15) is 5.75 Å². The Hall–Kier alpha value is -3.04. The number of nitro benzene ring substituents is 1. The van der Waals surface area contributed by atoms with Crippen molar-refractivity contribution in [2.45, 2.75) is 12.8 Å². The summed E-state index contributed by atoms with van der Waals surface area (Å²) in [5.41, 5.74) is -1.32. The molecule has 0 radical (unpaired) electrons. The number of nitro groups is 1. The van der Waals surface area contributed by atoms with Crippen molar-refractivity contribution in [3.63, 3.8) is 0 Å². The van der Waals surface area contributed by atoms with E-state index in [4.69, 9.17) is 4.74 Å². The lowest BCUT2D eigenvalue weighted by Crippen LogP contribution is -2.12. The van der Waals surface area contributed by atoms with Gasteiger partial charge in [-0.2, -0.15) is 0 Å². The van der Waals surface area contributed by atoms with Crippen molar-refractivity contribution in [3.05, 3.63) is 74.4 Å². The first-order valence-electron chi connectivity index (χ1n) is 6.69. The number of rotatable bonds is 5. The standard InChI is InChI=1S/C15H8F5N2O3/c16-11-9(12(17)14(19)15(20)13(11)18)5-6-10(21)25-8-3-1-7(2-4-8)22(23)24/h1-4H,5-6H2/q-1. The Morgan fingerprint density at radius 2 is 1.44 bits per heavy atom. The number of benzene rings is 2. The molecule has 0 heterocycles. The fraction of sp³-hybridized carbons (Fsp3) is 0.133. The van der Waals surface area contributed by atoms with Crippen molar-refractivity contribution in [3.8, 4) is 5.75 Å². The highest BCUT2D eigenvalue weighted by Crippen LogP contribution is 2.24. The molecule has 0 bridgehead atoms. The van der Waals surface area contributed by atoms with Gasteiger partial charge in [0.15, 0.2) is 23.3 Å². The molecule has 0 amide bonds. The van der Waals surface area contributed by atoms with Crippen LogP contribution < -0.4 is 4.74 Å². The average molecular weight is 359 g/mol. The van der Waals surface area contributed by atoms with Crippen LogP contribution in [-0.4, -0.2) is 10.8 Å². The Labute approximate surface area is 137 Å². The number of nitrogens with zero attached hydrogens (tertiary/aromatic N) is 2. The lowest BCUT2D eigenvalue weighted by molar-refractivity contribution is -0.384. The van der Waals surface area contributed by atoms with E-state index in [-0.39, 0.29) is 11.4 Å². The Bertz CT molecular complexity index is 811. The number of halogens is 5. The molecule has 5 nitrogen and oxygen atoms in total. The van der Waals surface area contributed by atoms with E-state index in [0.717, 1.165) is 24.3 Å². The monoisotopic (exact) mass is 359 g/mol. The Morgan fingerprint density at radius 1 is 0.960 bits per heavy atom. The average Bonchev–Trinajstić information content (AvgIpc) is 2.58. The number of hydrogen-bond acceptors (Lipinski definition) is 3. The van der Waals surface area contributed by atoms with Crippen LogP contribution in [0.15, 0.2) is 24.3 Å². The summed E-state index contributed by atoms with van der Waals surface area (Å²) in [7, 11) is 0. The molecule has 2 aromatic carbocycles. The minimum Gasteiger partial charge on any atom is -0.775 e. The maximum atomic E-state index is 13.5. The van der Waals surface area contributed by atoms with E-state index in [1.54, 1.807) is 0 Å². The molecule has 0 atom stereocenters. The Kier molecular flexibility index (Phi) is 5.30. The van der Waals surface area contributed by atoms with Crippen LogP contribution in [0.25, 0.3) is 5.41 Å². The summed E-state index contributed by atoms with van der Waals surface area (Å²) in [6.45, 7) is 0. The second-order valence-corrected chi connectivity index (χ2v) is 4.80. The lowest BCUT2D eigenvalue weighted by Gasteiger charge is -2.15. The van der Waals surface area contributed by atoms with Gasteiger partial charge in [-0.25, -0.2) is 22.0 Å². The predicted octanol–water partition coefficient (Wildman–Crippen LogP) is 4.27. The van der Waals surface area contributed by atoms with Crippen LogP contribution in [-0.2, 0) is 6.42 Å². The Morgan fingerprint density at radius 3 is 1.92 bits per heavy atom. The zero-order chi connectivity index (χ0) is 18.7. The van der Waals surface area contributed by atoms with Crippen LogP contribution in [0.2, 0.25) is 0 Å². The van der Waals surface area contributed by atoms with Crippen molar-refractivity contribution in [2.75, 3.05) is 0 Å². The predicted molar refractivity (Wildman–Crippen MR) is 76.6 cm³/mol. The van der Waals surface area contributed by atoms with Crippen LogP contribution in [0.5, 0.6) is 5.75 Å². The number of non-ortho nitro benzene ring substituents is 1. The van der Waals surface area contributed by atoms with Crippen LogP contribution in [0.1, 0.15) is 12.0 Å². The third-order valence-corrected chi connectivity index (χ3v) is 3.17. The smallest absolute Gasteiger partial charge is 0.269 e. The van der Waals surface area contributed by atoms with Gasteiger partial charge in [-0.15, -0.1) is 0 Å². The summed E-state index contributed by atoms with van der Waals surface area (Å²) in [5, 5.41) is 20.1. The quantitative estimate of drug-likeness (QED) is 0.152. The topological polar surface area (TPSA) is 74.7 Å². The molecular weight excluding hydrogens is 351 g/mol. The third kappa shape index (κ3) is 3.90. The highest BCUT2D eigenvalue weighted by atomic mass is 19.2. The van der Waals surface area contributed by atoms with Gasteiger partial charge >= 0.3 is 0 Å². The van der Waals surface area contributed by atoms with Crippen molar-refractivity contribution in [2.24, 2.45) is 0 Å². The molecule has 0 aromatic heterocycles. The summed E-state index contributed by atoms with van der Waals surface area (Å²) in [6.07, 6.45) is -1.28. The van der Waals surface area contributed by atoms with Crippen molar-refractivity contribution < 1.29 is 31.6 Å². The van der Waals surface area contributed by atoms with E-state index in [1.807, 2.05) is 0 Å². The van der Waals surface area contributed by atoms with Gasteiger partial charge in [0.25, 0.3) is 5.69 Å². The van der Waals surface area contributed by atoms with E-state index in [9.17, 15) is 37.5 Å². The number of hydrogen-bond donors (Lipinski definition) is 0. The minimum absolute atomic E-state index is 0.0134. The molecule has 0 saturated heterocycles. The van der Waals surface area contributed by atoms with Gasteiger partial charge in [0, 0.05) is 17.7 Å². The largest absolute Gasteiger partial charge is 0.775 e. The van der Waals surface area contributed by atoms with Crippen molar-refractivity contribution in [1.82, 2.24) is 0 Å². The molecule has 0 saturated carbocycles. The molecule has 25 heavy (non-hydrogen) atoms. The van der Waals surface area contributed by atoms with Gasteiger partial charge in [-0.3, -0.25) is 10.1 Å². The summed E-state index contributed by atoms with van der Waals surface area (Å²) < 4.78 is 70.9. The second-order valence-electron chi connectivity index (χ2n) is 4.80. The molecular formula is C15H8F5N2O3-. The lowest BCUT2D eigenvalue weighted by atomic mass is 10.1. The van der Waals surface area contributed by atoms with Crippen LogP contribution >= 0.6 is 0 Å². The molecule has 0 aliphatic carbocycles. The molecule has 0 fully saturated rings. The maximum Gasteiger partial charge on any atom is 0.269 e. The Balaban J connectivity index is 2.07.